The minimum absolute atomic E-state index is 0.125. The molecule has 1 aromatic carbocycles. The van der Waals surface area contributed by atoms with Crippen LogP contribution in [-0.2, 0) is 6.18 Å². The fourth-order valence-corrected chi connectivity index (χ4v) is 1.90. The fourth-order valence-electron chi connectivity index (χ4n) is 1.90. The van der Waals surface area contributed by atoms with E-state index in [1.54, 1.807) is 0 Å². The van der Waals surface area contributed by atoms with Gasteiger partial charge in [-0.25, -0.2) is 0 Å². The van der Waals surface area contributed by atoms with E-state index in [0.717, 1.165) is 6.07 Å². The number of benzene rings is 1. The first kappa shape index (κ1) is 17.3. The maximum Gasteiger partial charge on any atom is 0.418 e. The lowest BCUT2D eigenvalue weighted by molar-refractivity contribution is -0.137. The SMILES string of the molecule is CCC(C)(CC)NC(=O)c1cccc(C(F)(F)F)c1NN. The van der Waals surface area contributed by atoms with Crippen molar-refractivity contribution in [3.63, 3.8) is 0 Å². The first-order chi connectivity index (χ1) is 9.68. The molecule has 0 spiro atoms. The molecular weight excluding hydrogens is 283 g/mol. The van der Waals surface area contributed by atoms with Gasteiger partial charge in [0.2, 0.25) is 0 Å². The molecule has 1 rings (SSSR count). The van der Waals surface area contributed by atoms with Gasteiger partial charge in [0.15, 0.2) is 0 Å². The van der Waals surface area contributed by atoms with Gasteiger partial charge in [0, 0.05) is 5.54 Å². The molecule has 1 amide bonds. The minimum atomic E-state index is -4.59. The van der Waals surface area contributed by atoms with Crippen LogP contribution in [0, 0.1) is 0 Å². The number of anilines is 1. The summed E-state index contributed by atoms with van der Waals surface area (Å²) in [4.78, 5) is 12.3. The third kappa shape index (κ3) is 3.87. The van der Waals surface area contributed by atoms with Crippen LogP contribution in [0.15, 0.2) is 18.2 Å². The highest BCUT2D eigenvalue weighted by molar-refractivity contribution is 6.00. The molecule has 0 aliphatic carbocycles. The van der Waals surface area contributed by atoms with Gasteiger partial charge in [-0.2, -0.15) is 13.2 Å². The summed E-state index contributed by atoms with van der Waals surface area (Å²) in [7, 11) is 0. The zero-order chi connectivity index (χ0) is 16.3. The van der Waals surface area contributed by atoms with E-state index in [4.69, 9.17) is 5.84 Å². The molecule has 0 atom stereocenters. The Morgan fingerprint density at radius 1 is 1.24 bits per heavy atom. The summed E-state index contributed by atoms with van der Waals surface area (Å²) in [6.07, 6.45) is -3.25. The first-order valence-electron chi connectivity index (χ1n) is 6.68. The molecular formula is C14H20F3N3O. The van der Waals surface area contributed by atoms with Crippen LogP contribution in [0.25, 0.3) is 0 Å². The van der Waals surface area contributed by atoms with Gasteiger partial charge in [-0.15, -0.1) is 0 Å². The smallest absolute Gasteiger partial charge is 0.347 e. The molecule has 118 valence electrons. The van der Waals surface area contributed by atoms with Crippen molar-refractivity contribution in [2.24, 2.45) is 5.84 Å². The Balaban J connectivity index is 3.22. The van der Waals surface area contributed by atoms with Crippen LogP contribution < -0.4 is 16.6 Å². The monoisotopic (exact) mass is 303 g/mol. The summed E-state index contributed by atoms with van der Waals surface area (Å²) >= 11 is 0. The summed E-state index contributed by atoms with van der Waals surface area (Å²) in [6, 6.07) is 3.38. The van der Waals surface area contributed by atoms with Crippen LogP contribution in [0.3, 0.4) is 0 Å². The normalized spacial score (nSPS) is 12.1. The second kappa shape index (κ2) is 6.34. The number of hydrogen-bond donors (Lipinski definition) is 3. The molecule has 0 aliphatic rings. The highest BCUT2D eigenvalue weighted by atomic mass is 19.4. The van der Waals surface area contributed by atoms with Crippen molar-refractivity contribution in [3.8, 4) is 0 Å². The van der Waals surface area contributed by atoms with Crippen molar-refractivity contribution in [2.75, 3.05) is 5.43 Å². The van der Waals surface area contributed by atoms with E-state index in [9.17, 15) is 18.0 Å². The number of carbonyl (C=O) groups is 1. The number of hydrazine groups is 1. The molecule has 4 nitrogen and oxygen atoms in total. The zero-order valence-electron chi connectivity index (χ0n) is 12.3. The Kier molecular flexibility index (Phi) is 5.22. The van der Waals surface area contributed by atoms with Crippen molar-refractivity contribution in [1.29, 1.82) is 0 Å². The maximum atomic E-state index is 12.9. The van der Waals surface area contributed by atoms with Crippen LogP contribution in [0.2, 0.25) is 0 Å². The van der Waals surface area contributed by atoms with Gasteiger partial charge in [0.1, 0.15) is 0 Å². The number of halogens is 3. The van der Waals surface area contributed by atoms with E-state index in [1.807, 2.05) is 26.2 Å². The van der Waals surface area contributed by atoms with Crippen LogP contribution in [-0.4, -0.2) is 11.4 Å². The molecule has 4 N–H and O–H groups in total. The molecule has 0 aromatic heterocycles. The van der Waals surface area contributed by atoms with Crippen molar-refractivity contribution < 1.29 is 18.0 Å². The molecule has 0 radical (unpaired) electrons. The predicted octanol–water partition coefficient (Wildman–Crippen LogP) is 3.30. The molecule has 0 saturated carbocycles. The number of nitrogens with one attached hydrogen (secondary N) is 2. The lowest BCUT2D eigenvalue weighted by Crippen LogP contribution is -2.45. The molecule has 7 heteroatoms. The van der Waals surface area contributed by atoms with Gasteiger partial charge in [-0.05, 0) is 31.9 Å². The van der Waals surface area contributed by atoms with Gasteiger partial charge in [0.25, 0.3) is 5.91 Å². The first-order valence-corrected chi connectivity index (χ1v) is 6.68. The van der Waals surface area contributed by atoms with Gasteiger partial charge in [-0.3, -0.25) is 10.6 Å². The van der Waals surface area contributed by atoms with Crippen LogP contribution in [0.5, 0.6) is 0 Å². The highest BCUT2D eigenvalue weighted by Crippen LogP contribution is 2.36. The van der Waals surface area contributed by atoms with Crippen molar-refractivity contribution in [1.82, 2.24) is 5.32 Å². The third-order valence-corrected chi connectivity index (χ3v) is 3.73. The maximum absolute atomic E-state index is 12.9. The number of rotatable bonds is 5. The van der Waals surface area contributed by atoms with Crippen LogP contribution in [0.1, 0.15) is 49.5 Å². The largest absolute Gasteiger partial charge is 0.418 e. The number of para-hydroxylation sites is 1. The van der Waals surface area contributed by atoms with E-state index in [1.165, 1.54) is 12.1 Å². The fraction of sp³-hybridized carbons (Fsp3) is 0.500. The molecule has 0 heterocycles. The summed E-state index contributed by atoms with van der Waals surface area (Å²) in [6.45, 7) is 5.64. The Morgan fingerprint density at radius 3 is 2.24 bits per heavy atom. The number of nitrogens with two attached hydrogens (primary N) is 1. The molecule has 1 aromatic rings. The van der Waals surface area contributed by atoms with Gasteiger partial charge in [0.05, 0.1) is 16.8 Å². The average Bonchev–Trinajstić information content (AvgIpc) is 2.45. The Labute approximate surface area is 121 Å². The number of nitrogen functional groups attached to an aromatic ring is 1. The van der Waals surface area contributed by atoms with Crippen LogP contribution in [0.4, 0.5) is 18.9 Å². The highest BCUT2D eigenvalue weighted by Gasteiger charge is 2.35. The Bertz CT molecular complexity index is 511. The predicted molar refractivity (Wildman–Crippen MR) is 75.7 cm³/mol. The van der Waals surface area contributed by atoms with Crippen LogP contribution >= 0.6 is 0 Å². The Hall–Kier alpha value is -1.76. The van der Waals surface area contributed by atoms with Gasteiger partial charge >= 0.3 is 6.18 Å². The van der Waals surface area contributed by atoms with Gasteiger partial charge in [-0.1, -0.05) is 19.9 Å². The number of hydrogen-bond acceptors (Lipinski definition) is 3. The number of alkyl halides is 3. The second-order valence-electron chi connectivity index (χ2n) is 5.09. The zero-order valence-corrected chi connectivity index (χ0v) is 12.3. The lowest BCUT2D eigenvalue weighted by Gasteiger charge is -2.29. The summed E-state index contributed by atoms with van der Waals surface area (Å²) in [5.41, 5.74) is 0.00819. The van der Waals surface area contributed by atoms with Crippen molar-refractivity contribution >= 4 is 11.6 Å². The summed E-state index contributed by atoms with van der Waals surface area (Å²) < 4.78 is 38.8. The van der Waals surface area contributed by atoms with E-state index in [2.05, 4.69) is 5.32 Å². The van der Waals surface area contributed by atoms with E-state index in [0.29, 0.717) is 12.8 Å². The molecule has 0 fully saturated rings. The number of amides is 1. The average molecular weight is 303 g/mol. The topological polar surface area (TPSA) is 67.2 Å². The molecule has 0 aliphatic heterocycles. The third-order valence-electron chi connectivity index (χ3n) is 3.73. The van der Waals surface area contributed by atoms with E-state index < -0.39 is 28.9 Å². The van der Waals surface area contributed by atoms with Crippen molar-refractivity contribution in [3.05, 3.63) is 29.3 Å². The molecule has 0 saturated heterocycles. The minimum Gasteiger partial charge on any atom is -0.347 e. The number of carbonyl (C=O) groups excluding carboxylic acids is 1. The molecule has 21 heavy (non-hydrogen) atoms. The summed E-state index contributed by atoms with van der Waals surface area (Å²) in [5, 5.41) is 2.76. The van der Waals surface area contributed by atoms with Crippen molar-refractivity contribution in [2.45, 2.75) is 45.3 Å². The van der Waals surface area contributed by atoms with E-state index >= 15 is 0 Å². The van der Waals surface area contributed by atoms with Gasteiger partial charge < -0.3 is 10.7 Å². The second-order valence-corrected chi connectivity index (χ2v) is 5.09. The Morgan fingerprint density at radius 2 is 1.81 bits per heavy atom. The standard InChI is InChI=1S/C14H20F3N3O/c1-4-13(3,5-2)19-12(21)9-7-6-8-10(11(9)20-18)14(15,16)17/h6-8,20H,4-5,18H2,1-3H3,(H,19,21). The summed E-state index contributed by atoms with van der Waals surface area (Å²) in [5.74, 6) is 4.60. The van der Waals surface area contributed by atoms with E-state index in [-0.39, 0.29) is 5.56 Å². The molecule has 0 bridgehead atoms. The quantitative estimate of drug-likeness (QED) is 0.577. The molecule has 0 unspecified atom stereocenters. The lowest BCUT2D eigenvalue weighted by atomic mass is 9.94.